The topological polar surface area (TPSA) is 78.9 Å². The van der Waals surface area contributed by atoms with Crippen LogP contribution in [-0.4, -0.2) is 37.2 Å². The normalized spacial score (nSPS) is 12.3. The minimum absolute atomic E-state index is 0.0779. The molecule has 0 heterocycles. The summed E-state index contributed by atoms with van der Waals surface area (Å²) < 4.78 is 16.9. The lowest BCUT2D eigenvalue weighted by Gasteiger charge is -2.18. The molecule has 6 nitrogen and oxygen atoms in total. The van der Waals surface area contributed by atoms with Crippen LogP contribution in [0.4, 0.5) is 0 Å². The highest BCUT2D eigenvalue weighted by molar-refractivity contribution is 5.71. The lowest BCUT2D eigenvalue weighted by Crippen LogP contribution is -2.30. The van der Waals surface area contributed by atoms with Gasteiger partial charge in [-0.1, -0.05) is 249 Å². The van der Waals surface area contributed by atoms with Crippen LogP contribution in [-0.2, 0) is 28.6 Å². The quantitative estimate of drug-likeness (QED) is 0.0261. The molecule has 0 saturated heterocycles. The van der Waals surface area contributed by atoms with Crippen molar-refractivity contribution in [2.45, 2.75) is 329 Å². The van der Waals surface area contributed by atoms with E-state index in [1.807, 2.05) is 0 Å². The molecule has 0 amide bonds. The van der Waals surface area contributed by atoms with Gasteiger partial charge in [0.2, 0.25) is 0 Å². The monoisotopic (exact) mass is 981 g/mol. The van der Waals surface area contributed by atoms with E-state index in [-0.39, 0.29) is 31.1 Å². The third-order valence-corrected chi connectivity index (χ3v) is 13.5. The van der Waals surface area contributed by atoms with Gasteiger partial charge in [0.25, 0.3) is 0 Å². The Bertz CT molecular complexity index is 1220. The van der Waals surface area contributed by atoms with Gasteiger partial charge in [-0.2, -0.15) is 0 Å². The van der Waals surface area contributed by atoms with E-state index in [1.165, 1.54) is 212 Å². The molecule has 6 heteroatoms. The van der Waals surface area contributed by atoms with Crippen molar-refractivity contribution in [3.8, 4) is 0 Å². The van der Waals surface area contributed by atoms with Gasteiger partial charge in [0.15, 0.2) is 6.10 Å². The van der Waals surface area contributed by atoms with Crippen molar-refractivity contribution in [1.82, 2.24) is 0 Å². The Kier molecular flexibility index (Phi) is 56.7. The zero-order chi connectivity index (χ0) is 50.7. The summed E-state index contributed by atoms with van der Waals surface area (Å²) in [4.78, 5) is 38.2. The van der Waals surface area contributed by atoms with E-state index >= 15 is 0 Å². The summed E-state index contributed by atoms with van der Waals surface area (Å²) in [6.45, 7) is 6.64. The maximum atomic E-state index is 12.9. The van der Waals surface area contributed by atoms with E-state index in [0.29, 0.717) is 19.3 Å². The zero-order valence-corrected chi connectivity index (χ0v) is 46.8. The maximum Gasteiger partial charge on any atom is 0.306 e. The molecule has 0 radical (unpaired) electrons. The Morgan fingerprint density at radius 2 is 0.514 bits per heavy atom. The van der Waals surface area contributed by atoms with E-state index < -0.39 is 6.10 Å². The highest BCUT2D eigenvalue weighted by Crippen LogP contribution is 2.16. The molecule has 1 atom stereocenters. The van der Waals surface area contributed by atoms with Gasteiger partial charge in [0.05, 0.1) is 0 Å². The van der Waals surface area contributed by atoms with Gasteiger partial charge >= 0.3 is 17.9 Å². The number of hydrogen-bond acceptors (Lipinski definition) is 6. The van der Waals surface area contributed by atoms with Crippen molar-refractivity contribution in [3.05, 3.63) is 48.6 Å². The number of carbonyl (C=O) groups is 3. The van der Waals surface area contributed by atoms with Crippen LogP contribution in [0, 0.1) is 0 Å². The molecule has 0 aliphatic rings. The van der Waals surface area contributed by atoms with E-state index in [0.717, 1.165) is 70.6 Å². The average Bonchev–Trinajstić information content (AvgIpc) is 3.36. The van der Waals surface area contributed by atoms with Crippen LogP contribution in [0.1, 0.15) is 323 Å². The Labute approximate surface area is 435 Å². The van der Waals surface area contributed by atoms with Gasteiger partial charge in [-0.15, -0.1) is 0 Å². The standard InChI is InChI=1S/C64H116O6/c1-4-7-10-13-16-19-22-25-27-29-31-32-33-35-36-39-42-45-48-51-54-57-63(66)69-60-61(59-68-62(65)56-53-50-47-44-41-38-24-21-18-15-12-9-6-3)70-64(67)58-55-52-49-46-43-40-37-34-30-28-26-23-20-17-14-11-8-5-2/h21-22,24-25,28-31,61H,4-20,23,26-27,32-60H2,1-3H3/b24-21-,25-22-,30-28-,31-29-. The molecule has 0 bridgehead atoms. The number of unbranched alkanes of at least 4 members (excludes halogenated alkanes) is 37. The van der Waals surface area contributed by atoms with Crippen molar-refractivity contribution < 1.29 is 28.6 Å². The predicted molar refractivity (Wildman–Crippen MR) is 302 cm³/mol. The molecule has 0 N–H and O–H groups in total. The molecule has 1 unspecified atom stereocenters. The number of rotatable bonds is 56. The Morgan fingerprint density at radius 3 is 0.814 bits per heavy atom. The Morgan fingerprint density at radius 1 is 0.286 bits per heavy atom. The second-order valence-corrected chi connectivity index (χ2v) is 20.6. The molecule has 0 fully saturated rings. The third-order valence-electron chi connectivity index (χ3n) is 13.5. The molecule has 0 rings (SSSR count). The molecule has 408 valence electrons. The number of carbonyl (C=O) groups excluding carboxylic acids is 3. The smallest absolute Gasteiger partial charge is 0.306 e. The highest BCUT2D eigenvalue weighted by atomic mass is 16.6. The maximum absolute atomic E-state index is 12.9. The second kappa shape index (κ2) is 58.9. The van der Waals surface area contributed by atoms with Crippen molar-refractivity contribution >= 4 is 17.9 Å². The average molecular weight is 982 g/mol. The van der Waals surface area contributed by atoms with E-state index in [4.69, 9.17) is 14.2 Å². The Balaban J connectivity index is 4.34. The number of allylic oxidation sites excluding steroid dienone is 8. The molecule has 0 aliphatic carbocycles. The SMILES string of the molecule is CCCCCC/C=C\CCCCCCCC(=O)OCC(COC(=O)CCCCCCCCCCC/C=C\C/C=C\CCCCCCC)OC(=O)CCCCCCCCC/C=C\CCCCCCCCC. The fraction of sp³-hybridized carbons (Fsp3) is 0.828. The first-order valence-electron chi connectivity index (χ1n) is 30.6. The van der Waals surface area contributed by atoms with Crippen molar-refractivity contribution in [2.75, 3.05) is 13.2 Å². The summed E-state index contributed by atoms with van der Waals surface area (Å²) in [6.07, 6.45) is 72.5. The minimum Gasteiger partial charge on any atom is -0.462 e. The first-order chi connectivity index (χ1) is 34.5. The summed E-state index contributed by atoms with van der Waals surface area (Å²) in [5, 5.41) is 0. The summed E-state index contributed by atoms with van der Waals surface area (Å²) in [5.74, 6) is -0.879. The van der Waals surface area contributed by atoms with Gasteiger partial charge in [-0.3, -0.25) is 14.4 Å². The summed E-state index contributed by atoms with van der Waals surface area (Å²) in [6, 6.07) is 0. The fourth-order valence-corrected chi connectivity index (χ4v) is 8.88. The zero-order valence-electron chi connectivity index (χ0n) is 46.8. The molecule has 0 aromatic carbocycles. The van der Waals surface area contributed by atoms with Crippen LogP contribution in [0.15, 0.2) is 48.6 Å². The minimum atomic E-state index is -0.780. The lowest BCUT2D eigenvalue weighted by atomic mass is 10.1. The van der Waals surface area contributed by atoms with E-state index in [1.54, 1.807) is 0 Å². The second-order valence-electron chi connectivity index (χ2n) is 20.6. The predicted octanol–water partition coefficient (Wildman–Crippen LogP) is 20.6. The van der Waals surface area contributed by atoms with Crippen LogP contribution in [0.5, 0.6) is 0 Å². The van der Waals surface area contributed by atoms with Crippen LogP contribution < -0.4 is 0 Å². The van der Waals surface area contributed by atoms with Crippen LogP contribution in [0.25, 0.3) is 0 Å². The third kappa shape index (κ3) is 56.3. The number of ether oxygens (including phenoxy) is 3. The number of esters is 3. The fourth-order valence-electron chi connectivity index (χ4n) is 8.88. The first-order valence-corrected chi connectivity index (χ1v) is 30.6. The van der Waals surface area contributed by atoms with Gasteiger partial charge in [-0.05, 0) is 103 Å². The highest BCUT2D eigenvalue weighted by Gasteiger charge is 2.19. The largest absolute Gasteiger partial charge is 0.462 e. The first kappa shape index (κ1) is 67.4. The molecule has 0 aliphatic heterocycles. The molecule has 0 saturated carbocycles. The molecule has 0 spiro atoms. The molecular weight excluding hydrogens is 865 g/mol. The Hall–Kier alpha value is -2.63. The number of hydrogen-bond donors (Lipinski definition) is 0. The molecule has 0 aromatic heterocycles. The van der Waals surface area contributed by atoms with E-state index in [9.17, 15) is 14.4 Å². The van der Waals surface area contributed by atoms with Crippen molar-refractivity contribution in [2.24, 2.45) is 0 Å². The van der Waals surface area contributed by atoms with Crippen LogP contribution in [0.2, 0.25) is 0 Å². The summed E-state index contributed by atoms with van der Waals surface area (Å²) >= 11 is 0. The van der Waals surface area contributed by atoms with Crippen molar-refractivity contribution in [1.29, 1.82) is 0 Å². The summed E-state index contributed by atoms with van der Waals surface area (Å²) in [7, 11) is 0. The lowest BCUT2D eigenvalue weighted by molar-refractivity contribution is -0.167. The molecule has 70 heavy (non-hydrogen) atoms. The van der Waals surface area contributed by atoms with Gasteiger partial charge in [0.1, 0.15) is 13.2 Å². The van der Waals surface area contributed by atoms with E-state index in [2.05, 4.69) is 69.4 Å². The van der Waals surface area contributed by atoms with Crippen molar-refractivity contribution in [3.63, 3.8) is 0 Å². The molecular formula is C64H116O6. The van der Waals surface area contributed by atoms with Gasteiger partial charge in [-0.25, -0.2) is 0 Å². The van der Waals surface area contributed by atoms with Gasteiger partial charge in [0, 0.05) is 19.3 Å². The summed E-state index contributed by atoms with van der Waals surface area (Å²) in [5.41, 5.74) is 0. The van der Waals surface area contributed by atoms with Gasteiger partial charge < -0.3 is 14.2 Å². The van der Waals surface area contributed by atoms with Crippen LogP contribution in [0.3, 0.4) is 0 Å². The van der Waals surface area contributed by atoms with Crippen LogP contribution >= 0.6 is 0 Å². The molecule has 0 aromatic rings.